The standard InChI is InChI=1S/C51H35N3/c1-5-13-36(14-6-1)40-21-23-43(24-22-40)47-33-46(39-19-11-4-12-20-39)34-48(35-47)51-53-49(44-29-25-41(26-30-44)37-15-7-2-8-16-37)52-50(54-51)45-31-27-42(28-32-45)38-17-9-3-10-18-38/h1-35H. The van der Waals surface area contributed by atoms with Gasteiger partial charge in [0, 0.05) is 16.7 Å². The quantitative estimate of drug-likeness (QED) is 0.159. The Kier molecular flexibility index (Phi) is 8.94. The van der Waals surface area contributed by atoms with Crippen molar-refractivity contribution in [2.24, 2.45) is 0 Å². The third kappa shape index (κ3) is 6.99. The van der Waals surface area contributed by atoms with E-state index in [2.05, 4.69) is 188 Å². The van der Waals surface area contributed by atoms with E-state index in [9.17, 15) is 0 Å². The number of aromatic nitrogens is 3. The second kappa shape index (κ2) is 14.8. The van der Waals surface area contributed by atoms with Crippen molar-refractivity contribution < 1.29 is 0 Å². The molecule has 0 unspecified atom stereocenters. The second-order valence-electron chi connectivity index (χ2n) is 13.3. The minimum atomic E-state index is 0.620. The maximum Gasteiger partial charge on any atom is 0.164 e. The van der Waals surface area contributed by atoms with Crippen molar-refractivity contribution in [3.05, 3.63) is 212 Å². The van der Waals surface area contributed by atoms with Gasteiger partial charge in [-0.3, -0.25) is 0 Å². The summed E-state index contributed by atoms with van der Waals surface area (Å²) in [7, 11) is 0. The van der Waals surface area contributed by atoms with E-state index in [4.69, 9.17) is 15.0 Å². The number of hydrogen-bond acceptors (Lipinski definition) is 3. The van der Waals surface area contributed by atoms with Crippen LogP contribution in [0.3, 0.4) is 0 Å². The molecule has 9 aromatic rings. The van der Waals surface area contributed by atoms with Crippen LogP contribution in [0.4, 0.5) is 0 Å². The molecule has 0 saturated heterocycles. The number of nitrogens with zero attached hydrogens (tertiary/aromatic N) is 3. The van der Waals surface area contributed by atoms with Crippen LogP contribution in [-0.4, -0.2) is 15.0 Å². The molecule has 0 aliphatic rings. The zero-order chi connectivity index (χ0) is 36.1. The molecule has 0 radical (unpaired) electrons. The molecule has 8 aromatic carbocycles. The van der Waals surface area contributed by atoms with E-state index >= 15 is 0 Å². The SMILES string of the molecule is c1ccc(-c2ccc(-c3cc(-c4ccccc4)cc(-c4nc(-c5ccc(-c6ccccc6)cc5)nc(-c5ccc(-c6ccccc6)cc5)n4)c3)cc2)cc1. The van der Waals surface area contributed by atoms with Crippen molar-refractivity contribution in [2.45, 2.75) is 0 Å². The van der Waals surface area contributed by atoms with Gasteiger partial charge in [0.2, 0.25) is 0 Å². The molecular formula is C51H35N3. The Balaban J connectivity index is 1.17. The third-order valence-corrected chi connectivity index (χ3v) is 9.76. The summed E-state index contributed by atoms with van der Waals surface area (Å²) in [4.78, 5) is 15.4. The van der Waals surface area contributed by atoms with Gasteiger partial charge in [0.05, 0.1) is 0 Å². The van der Waals surface area contributed by atoms with Gasteiger partial charge in [-0.25, -0.2) is 15.0 Å². The smallest absolute Gasteiger partial charge is 0.164 e. The van der Waals surface area contributed by atoms with Crippen LogP contribution in [0.5, 0.6) is 0 Å². The lowest BCUT2D eigenvalue weighted by molar-refractivity contribution is 1.07. The van der Waals surface area contributed by atoms with Gasteiger partial charge in [-0.1, -0.05) is 194 Å². The van der Waals surface area contributed by atoms with Crippen LogP contribution < -0.4 is 0 Å². The summed E-state index contributed by atoms with van der Waals surface area (Å²) in [6.07, 6.45) is 0. The van der Waals surface area contributed by atoms with Crippen LogP contribution in [-0.2, 0) is 0 Å². The number of benzene rings is 8. The highest BCUT2D eigenvalue weighted by atomic mass is 15.0. The van der Waals surface area contributed by atoms with Crippen LogP contribution in [0.25, 0.3) is 89.8 Å². The third-order valence-electron chi connectivity index (χ3n) is 9.76. The normalized spacial score (nSPS) is 11.0. The zero-order valence-corrected chi connectivity index (χ0v) is 29.5. The summed E-state index contributed by atoms with van der Waals surface area (Å²) in [6, 6.07) is 74.2. The minimum absolute atomic E-state index is 0.620. The fraction of sp³-hybridized carbons (Fsp3) is 0. The van der Waals surface area contributed by atoms with Crippen molar-refractivity contribution in [3.8, 4) is 89.8 Å². The van der Waals surface area contributed by atoms with Crippen LogP contribution in [0, 0.1) is 0 Å². The molecule has 0 atom stereocenters. The molecule has 9 rings (SSSR count). The molecule has 0 fully saturated rings. The Hall–Kier alpha value is -7.23. The van der Waals surface area contributed by atoms with Crippen molar-refractivity contribution in [1.29, 1.82) is 0 Å². The summed E-state index contributed by atoms with van der Waals surface area (Å²) in [5.41, 5.74) is 14.2. The van der Waals surface area contributed by atoms with Gasteiger partial charge in [-0.2, -0.15) is 0 Å². The summed E-state index contributed by atoms with van der Waals surface area (Å²) in [6.45, 7) is 0. The summed E-state index contributed by atoms with van der Waals surface area (Å²) in [5, 5.41) is 0. The van der Waals surface area contributed by atoms with Crippen LogP contribution >= 0.6 is 0 Å². The highest BCUT2D eigenvalue weighted by molar-refractivity contribution is 5.81. The molecule has 0 spiro atoms. The van der Waals surface area contributed by atoms with E-state index in [-0.39, 0.29) is 0 Å². The topological polar surface area (TPSA) is 38.7 Å². The van der Waals surface area contributed by atoms with Crippen molar-refractivity contribution >= 4 is 0 Å². The molecule has 0 aliphatic carbocycles. The highest BCUT2D eigenvalue weighted by Crippen LogP contribution is 2.35. The molecule has 0 N–H and O–H groups in total. The molecule has 3 heteroatoms. The van der Waals surface area contributed by atoms with E-state index in [1.54, 1.807) is 0 Å². The first kappa shape index (κ1) is 32.7. The van der Waals surface area contributed by atoms with E-state index in [0.717, 1.165) is 50.1 Å². The maximum absolute atomic E-state index is 5.17. The van der Waals surface area contributed by atoms with E-state index in [0.29, 0.717) is 17.5 Å². The summed E-state index contributed by atoms with van der Waals surface area (Å²) >= 11 is 0. The van der Waals surface area contributed by atoms with Gasteiger partial charge in [0.15, 0.2) is 17.5 Å². The average Bonchev–Trinajstić information content (AvgIpc) is 3.27. The van der Waals surface area contributed by atoms with Gasteiger partial charge >= 0.3 is 0 Å². The lowest BCUT2D eigenvalue weighted by Gasteiger charge is -2.13. The van der Waals surface area contributed by atoms with Gasteiger partial charge in [0.25, 0.3) is 0 Å². The molecule has 54 heavy (non-hydrogen) atoms. The maximum atomic E-state index is 5.17. The molecule has 1 heterocycles. The highest BCUT2D eigenvalue weighted by Gasteiger charge is 2.16. The first-order chi connectivity index (χ1) is 26.7. The van der Waals surface area contributed by atoms with Gasteiger partial charge in [0.1, 0.15) is 0 Å². The van der Waals surface area contributed by atoms with Crippen molar-refractivity contribution in [3.63, 3.8) is 0 Å². The van der Waals surface area contributed by atoms with Crippen LogP contribution in [0.15, 0.2) is 212 Å². The van der Waals surface area contributed by atoms with E-state index in [1.807, 2.05) is 24.3 Å². The first-order valence-electron chi connectivity index (χ1n) is 18.2. The average molecular weight is 690 g/mol. The Morgan fingerprint density at radius 2 is 0.370 bits per heavy atom. The molecule has 0 aliphatic heterocycles. The molecule has 254 valence electrons. The Morgan fingerprint density at radius 1 is 0.167 bits per heavy atom. The van der Waals surface area contributed by atoms with Crippen LogP contribution in [0.2, 0.25) is 0 Å². The molecule has 1 aromatic heterocycles. The number of hydrogen-bond donors (Lipinski definition) is 0. The predicted octanol–water partition coefficient (Wildman–Crippen LogP) is 13.2. The van der Waals surface area contributed by atoms with Gasteiger partial charge in [-0.15, -0.1) is 0 Å². The predicted molar refractivity (Wildman–Crippen MR) is 223 cm³/mol. The van der Waals surface area contributed by atoms with Crippen molar-refractivity contribution in [2.75, 3.05) is 0 Å². The molecule has 0 amide bonds. The zero-order valence-electron chi connectivity index (χ0n) is 29.5. The minimum Gasteiger partial charge on any atom is -0.208 e. The first-order valence-corrected chi connectivity index (χ1v) is 18.2. The Labute approximate surface area is 316 Å². The summed E-state index contributed by atoms with van der Waals surface area (Å²) < 4.78 is 0. The van der Waals surface area contributed by atoms with Crippen molar-refractivity contribution in [1.82, 2.24) is 15.0 Å². The van der Waals surface area contributed by atoms with E-state index in [1.165, 1.54) is 22.3 Å². The largest absolute Gasteiger partial charge is 0.208 e. The van der Waals surface area contributed by atoms with Gasteiger partial charge < -0.3 is 0 Å². The molecule has 3 nitrogen and oxygen atoms in total. The number of rotatable bonds is 8. The molecule has 0 bridgehead atoms. The Morgan fingerprint density at radius 3 is 0.685 bits per heavy atom. The summed E-state index contributed by atoms with van der Waals surface area (Å²) in [5.74, 6) is 1.87. The molecule has 0 saturated carbocycles. The van der Waals surface area contributed by atoms with Crippen LogP contribution in [0.1, 0.15) is 0 Å². The lowest BCUT2D eigenvalue weighted by atomic mass is 9.94. The Bertz CT molecular complexity index is 2540. The second-order valence-corrected chi connectivity index (χ2v) is 13.3. The van der Waals surface area contributed by atoms with E-state index < -0.39 is 0 Å². The fourth-order valence-electron chi connectivity index (χ4n) is 6.85. The van der Waals surface area contributed by atoms with Gasteiger partial charge in [-0.05, 0) is 73.8 Å². The fourth-order valence-corrected chi connectivity index (χ4v) is 6.85. The molecular weight excluding hydrogens is 655 g/mol. The monoisotopic (exact) mass is 689 g/mol. The lowest BCUT2D eigenvalue weighted by Crippen LogP contribution is -2.00.